The van der Waals surface area contributed by atoms with Gasteiger partial charge in [0.25, 0.3) is 0 Å². The Balaban J connectivity index is 2.53. The lowest BCUT2D eigenvalue weighted by atomic mass is 10.1. The first-order valence-electron chi connectivity index (χ1n) is 5.32. The van der Waals surface area contributed by atoms with Gasteiger partial charge in [-0.15, -0.1) is 0 Å². The Labute approximate surface area is 110 Å². The van der Waals surface area contributed by atoms with Gasteiger partial charge in [0.15, 0.2) is 0 Å². The van der Waals surface area contributed by atoms with E-state index in [0.717, 1.165) is 0 Å². The Kier molecular flexibility index (Phi) is 3.37. The van der Waals surface area contributed by atoms with E-state index in [1.807, 2.05) is 0 Å². The number of aromatic nitrogens is 2. The number of nitrogens with zero attached hydrogens (tertiary/aromatic N) is 2. The first-order chi connectivity index (χ1) is 8.82. The zero-order valence-corrected chi connectivity index (χ0v) is 11.1. The second-order valence-electron chi connectivity index (χ2n) is 4.06. The van der Waals surface area contributed by atoms with Gasteiger partial charge in [0.1, 0.15) is 17.7 Å². The fourth-order valence-electron chi connectivity index (χ4n) is 1.72. The number of aldehydes is 1. The van der Waals surface area contributed by atoms with E-state index >= 15 is 0 Å². The van der Waals surface area contributed by atoms with Gasteiger partial charge in [-0.3, -0.25) is 9.48 Å². The number of halogens is 2. The number of benzene rings is 1. The molecule has 4 nitrogen and oxygen atoms in total. The Bertz CT molecular complexity index is 635. The van der Waals surface area contributed by atoms with Crippen molar-refractivity contribution in [1.82, 2.24) is 9.78 Å². The van der Waals surface area contributed by atoms with Gasteiger partial charge in [0, 0.05) is 18.2 Å². The number of hydrogen-bond donors (Lipinski definition) is 1. The molecular weight excluding hydrogens is 273 g/mol. The normalized spacial score (nSPS) is 11.6. The smallest absolute Gasteiger partial charge is 0.302 e. The van der Waals surface area contributed by atoms with Crippen LogP contribution in [-0.2, 0) is 12.7 Å². The highest BCUT2D eigenvalue weighted by Crippen LogP contribution is 2.37. The minimum Gasteiger partial charge on any atom is -0.507 e. The maximum absolute atomic E-state index is 13.2. The number of hydrogen-bond acceptors (Lipinski definition) is 3. The second kappa shape index (κ2) is 4.70. The summed E-state index contributed by atoms with van der Waals surface area (Å²) in [6.07, 6.45) is 0.592. The molecule has 1 aromatic carbocycles. The van der Waals surface area contributed by atoms with E-state index in [9.17, 15) is 18.7 Å². The van der Waals surface area contributed by atoms with Gasteiger partial charge in [0.05, 0.1) is 5.69 Å². The zero-order chi connectivity index (χ0) is 14.2. The lowest BCUT2D eigenvalue weighted by Crippen LogP contribution is -2.04. The maximum Gasteiger partial charge on any atom is 0.302 e. The van der Waals surface area contributed by atoms with Crippen LogP contribution >= 0.6 is 9.24 Å². The molecule has 19 heavy (non-hydrogen) atoms. The minimum absolute atomic E-state index is 0.161. The van der Waals surface area contributed by atoms with E-state index in [1.165, 1.54) is 45.2 Å². The van der Waals surface area contributed by atoms with Crippen molar-refractivity contribution in [2.75, 3.05) is 0 Å². The van der Waals surface area contributed by atoms with E-state index in [-0.39, 0.29) is 5.75 Å². The fourth-order valence-corrected chi connectivity index (χ4v) is 1.86. The topological polar surface area (TPSA) is 55.1 Å². The van der Waals surface area contributed by atoms with Gasteiger partial charge in [0.2, 0.25) is 0 Å². The van der Waals surface area contributed by atoms with Crippen molar-refractivity contribution >= 4 is 15.5 Å². The molecule has 100 valence electrons. The molecule has 7 heteroatoms. The average molecular weight is 284 g/mol. The number of carbonyl (C=O) groups excluding carboxylic acids is 1. The molecule has 0 aliphatic rings. The summed E-state index contributed by atoms with van der Waals surface area (Å²) in [4.78, 5) is 10.6. The molecule has 1 atom stereocenters. The van der Waals surface area contributed by atoms with Crippen molar-refractivity contribution in [2.24, 2.45) is 7.05 Å². The summed E-state index contributed by atoms with van der Waals surface area (Å²) < 4.78 is 27.6. The van der Waals surface area contributed by atoms with Crippen molar-refractivity contribution in [3.63, 3.8) is 0 Å². The van der Waals surface area contributed by atoms with Gasteiger partial charge >= 0.3 is 5.66 Å². The third-order valence-electron chi connectivity index (χ3n) is 2.66. The number of aryl methyl sites for hydroxylation is 1. The number of alkyl halides is 2. The summed E-state index contributed by atoms with van der Waals surface area (Å²) in [7, 11) is 2.91. The van der Waals surface area contributed by atoms with Crippen LogP contribution in [0.4, 0.5) is 8.78 Å². The Morgan fingerprint density at radius 3 is 2.58 bits per heavy atom. The first-order valence-corrected chi connectivity index (χ1v) is 5.90. The molecule has 0 saturated carbocycles. The summed E-state index contributed by atoms with van der Waals surface area (Å²) in [5.41, 5.74) is -2.56. The van der Waals surface area contributed by atoms with Gasteiger partial charge in [-0.1, -0.05) is 15.3 Å². The summed E-state index contributed by atoms with van der Waals surface area (Å²) in [6, 6.07) is 5.45. The molecule has 0 saturated heterocycles. The van der Waals surface area contributed by atoms with Crippen LogP contribution in [0.1, 0.15) is 16.1 Å². The largest absolute Gasteiger partial charge is 0.507 e. The molecule has 0 amide bonds. The quantitative estimate of drug-likeness (QED) is 0.696. The molecule has 0 fully saturated rings. The van der Waals surface area contributed by atoms with E-state index in [0.29, 0.717) is 23.1 Å². The zero-order valence-electron chi connectivity index (χ0n) is 9.97. The Morgan fingerprint density at radius 2 is 2.11 bits per heavy atom. The Morgan fingerprint density at radius 1 is 1.42 bits per heavy atom. The lowest BCUT2D eigenvalue weighted by molar-refractivity contribution is 0.0978. The van der Waals surface area contributed by atoms with Crippen LogP contribution in [0.3, 0.4) is 0 Å². The molecule has 0 bridgehead atoms. The van der Waals surface area contributed by atoms with Crippen LogP contribution < -0.4 is 0 Å². The summed E-state index contributed by atoms with van der Waals surface area (Å²) in [5.74, 6) is -0.161. The molecular formula is C12H11F2N2O2P. The fraction of sp³-hybridized carbons (Fsp3) is 0.167. The van der Waals surface area contributed by atoms with E-state index in [2.05, 4.69) is 5.10 Å². The van der Waals surface area contributed by atoms with Crippen LogP contribution in [0.5, 0.6) is 5.75 Å². The van der Waals surface area contributed by atoms with Crippen LogP contribution in [0.25, 0.3) is 11.3 Å². The molecule has 1 heterocycles. The van der Waals surface area contributed by atoms with Gasteiger partial charge < -0.3 is 5.11 Å². The van der Waals surface area contributed by atoms with Crippen molar-refractivity contribution in [1.29, 1.82) is 0 Å². The molecule has 1 aromatic heterocycles. The van der Waals surface area contributed by atoms with E-state index in [1.54, 1.807) is 0 Å². The molecule has 0 aliphatic heterocycles. The monoisotopic (exact) mass is 284 g/mol. The van der Waals surface area contributed by atoms with Crippen LogP contribution in [0.2, 0.25) is 0 Å². The van der Waals surface area contributed by atoms with Gasteiger partial charge in [-0.2, -0.15) is 13.9 Å². The van der Waals surface area contributed by atoms with Crippen molar-refractivity contribution in [2.45, 2.75) is 5.66 Å². The predicted molar refractivity (Wildman–Crippen MR) is 69.3 cm³/mol. The number of aromatic hydroxyl groups is 1. The third kappa shape index (κ3) is 2.63. The van der Waals surface area contributed by atoms with Crippen LogP contribution in [-0.4, -0.2) is 21.2 Å². The molecule has 1 unspecified atom stereocenters. The van der Waals surface area contributed by atoms with Gasteiger partial charge in [-0.05, 0) is 18.2 Å². The highest BCUT2D eigenvalue weighted by Gasteiger charge is 2.29. The van der Waals surface area contributed by atoms with E-state index < -0.39 is 11.4 Å². The van der Waals surface area contributed by atoms with Crippen molar-refractivity contribution < 1.29 is 18.7 Å². The lowest BCUT2D eigenvalue weighted by Gasteiger charge is -2.05. The molecule has 2 rings (SSSR count). The summed E-state index contributed by atoms with van der Waals surface area (Å²) in [6.45, 7) is 0. The third-order valence-corrected chi connectivity index (χ3v) is 2.95. The number of phenolic OH excluding ortho intramolecular Hbond substituents is 1. The Hall–Kier alpha value is -1.81. The van der Waals surface area contributed by atoms with Crippen LogP contribution in [0, 0.1) is 0 Å². The first kappa shape index (κ1) is 13.6. The average Bonchev–Trinajstić information content (AvgIpc) is 2.71. The predicted octanol–water partition coefficient (Wildman–Crippen LogP) is 2.53. The SMILES string of the molecule is Cn1nc(C(F)(F)P)cc1-c1ccc(C=O)cc1O. The van der Waals surface area contributed by atoms with Crippen LogP contribution in [0.15, 0.2) is 24.3 Å². The van der Waals surface area contributed by atoms with E-state index in [4.69, 9.17) is 0 Å². The standard InChI is InChI=1S/C12H11F2N2O2P/c1-16-9(5-11(15-16)12(13,14)19)8-3-2-7(6-17)4-10(8)18/h2-6,18H,19H2,1H3. The number of carbonyl (C=O) groups is 1. The van der Waals surface area contributed by atoms with Crippen molar-refractivity contribution in [3.8, 4) is 17.0 Å². The highest BCUT2D eigenvalue weighted by molar-refractivity contribution is 7.17. The molecule has 2 aromatic rings. The molecule has 1 N–H and O–H groups in total. The highest BCUT2D eigenvalue weighted by atomic mass is 31.0. The molecule has 0 spiro atoms. The summed E-state index contributed by atoms with van der Waals surface area (Å²) >= 11 is 0. The van der Waals surface area contributed by atoms with Crippen molar-refractivity contribution in [3.05, 3.63) is 35.5 Å². The minimum atomic E-state index is -3.13. The molecule has 0 radical (unpaired) electrons. The number of phenols is 1. The summed E-state index contributed by atoms with van der Waals surface area (Å²) in [5, 5.41) is 13.5. The second-order valence-corrected chi connectivity index (χ2v) is 4.78. The maximum atomic E-state index is 13.2. The number of rotatable bonds is 3. The van der Waals surface area contributed by atoms with Gasteiger partial charge in [-0.25, -0.2) is 0 Å². The molecule has 0 aliphatic carbocycles.